The second kappa shape index (κ2) is 4.11. The van der Waals surface area contributed by atoms with Crippen molar-refractivity contribution in [3.05, 3.63) is 28.3 Å². The standard InChI is InChI=1S/C9H9BrClNO/c1-5-2-6(11)9(7(12)3-5)8(13)4-10/h2-3H,4,12H2,1H3. The lowest BCUT2D eigenvalue weighted by molar-refractivity contribution is 0.102. The number of benzene rings is 1. The van der Waals surface area contributed by atoms with Crippen LogP contribution < -0.4 is 5.73 Å². The van der Waals surface area contributed by atoms with Crippen LogP contribution in [0.5, 0.6) is 0 Å². The Kier molecular flexibility index (Phi) is 3.33. The summed E-state index contributed by atoms with van der Waals surface area (Å²) in [4.78, 5) is 11.4. The van der Waals surface area contributed by atoms with E-state index >= 15 is 0 Å². The van der Waals surface area contributed by atoms with Crippen LogP contribution in [0, 0.1) is 6.92 Å². The van der Waals surface area contributed by atoms with Crippen LogP contribution in [0.1, 0.15) is 15.9 Å². The molecule has 0 bridgehead atoms. The van der Waals surface area contributed by atoms with E-state index in [-0.39, 0.29) is 11.1 Å². The maximum Gasteiger partial charge on any atom is 0.176 e. The average molecular weight is 263 g/mol. The minimum Gasteiger partial charge on any atom is -0.398 e. The SMILES string of the molecule is Cc1cc(N)c(C(=O)CBr)c(Cl)c1. The molecular weight excluding hydrogens is 253 g/mol. The summed E-state index contributed by atoms with van der Waals surface area (Å²) >= 11 is 8.96. The van der Waals surface area contributed by atoms with Crippen molar-refractivity contribution >= 4 is 39.0 Å². The van der Waals surface area contributed by atoms with Crippen molar-refractivity contribution in [1.82, 2.24) is 0 Å². The molecule has 0 radical (unpaired) electrons. The van der Waals surface area contributed by atoms with Crippen LogP contribution in [0.3, 0.4) is 0 Å². The largest absolute Gasteiger partial charge is 0.398 e. The Morgan fingerprint density at radius 3 is 2.69 bits per heavy atom. The van der Waals surface area contributed by atoms with Gasteiger partial charge in [0.1, 0.15) is 0 Å². The summed E-state index contributed by atoms with van der Waals surface area (Å²) in [6, 6.07) is 3.47. The number of Topliss-reactive ketones (excluding diaryl/α,β-unsaturated/α-hetero) is 1. The molecule has 0 aromatic heterocycles. The summed E-state index contributed by atoms with van der Waals surface area (Å²) in [7, 11) is 0. The molecule has 0 aliphatic rings. The van der Waals surface area contributed by atoms with Gasteiger partial charge in [0, 0.05) is 5.69 Å². The molecule has 0 aliphatic carbocycles. The molecule has 4 heteroatoms. The Hall–Kier alpha value is -0.540. The monoisotopic (exact) mass is 261 g/mol. The van der Waals surface area contributed by atoms with Gasteiger partial charge in [-0.15, -0.1) is 0 Å². The van der Waals surface area contributed by atoms with E-state index in [1.807, 2.05) is 6.92 Å². The molecule has 1 aromatic rings. The summed E-state index contributed by atoms with van der Waals surface area (Å²) < 4.78 is 0. The van der Waals surface area contributed by atoms with E-state index in [4.69, 9.17) is 17.3 Å². The van der Waals surface area contributed by atoms with Crippen LogP contribution in [0.2, 0.25) is 5.02 Å². The normalized spacial score (nSPS) is 10.1. The van der Waals surface area contributed by atoms with E-state index in [0.29, 0.717) is 16.3 Å². The van der Waals surface area contributed by atoms with Gasteiger partial charge in [-0.1, -0.05) is 27.5 Å². The number of nitrogens with two attached hydrogens (primary N) is 1. The molecule has 0 unspecified atom stereocenters. The summed E-state index contributed by atoms with van der Waals surface area (Å²) in [5.74, 6) is -0.0949. The second-order valence-corrected chi connectivity index (χ2v) is 3.74. The number of carbonyl (C=O) groups is 1. The predicted molar refractivity (Wildman–Crippen MR) is 58.7 cm³/mol. The molecule has 1 aromatic carbocycles. The van der Waals surface area contributed by atoms with Gasteiger partial charge in [0.15, 0.2) is 5.78 Å². The molecule has 2 nitrogen and oxygen atoms in total. The zero-order valence-electron chi connectivity index (χ0n) is 7.10. The van der Waals surface area contributed by atoms with Gasteiger partial charge in [-0.05, 0) is 24.6 Å². The van der Waals surface area contributed by atoms with Gasteiger partial charge in [0.05, 0.1) is 15.9 Å². The molecule has 0 saturated heterocycles. The minimum absolute atomic E-state index is 0.0949. The number of alkyl halides is 1. The Bertz CT molecular complexity index is 328. The molecule has 2 N–H and O–H groups in total. The van der Waals surface area contributed by atoms with Crippen LogP contribution in [0.25, 0.3) is 0 Å². The fraction of sp³-hybridized carbons (Fsp3) is 0.222. The first-order valence-corrected chi connectivity index (χ1v) is 5.21. The number of rotatable bonds is 2. The number of hydrogen-bond donors (Lipinski definition) is 1. The Labute approximate surface area is 90.2 Å². The minimum atomic E-state index is -0.0949. The van der Waals surface area contributed by atoms with Gasteiger partial charge >= 0.3 is 0 Å². The molecule has 0 fully saturated rings. The molecule has 0 aliphatic heterocycles. The number of aryl methyl sites for hydroxylation is 1. The van der Waals surface area contributed by atoms with E-state index in [0.717, 1.165) is 5.56 Å². The molecule has 13 heavy (non-hydrogen) atoms. The maximum absolute atomic E-state index is 11.4. The van der Waals surface area contributed by atoms with Gasteiger partial charge < -0.3 is 5.73 Å². The lowest BCUT2D eigenvalue weighted by Crippen LogP contribution is -2.06. The number of ketones is 1. The van der Waals surface area contributed by atoms with Gasteiger partial charge in [0.25, 0.3) is 0 Å². The molecule has 0 saturated carbocycles. The third-order valence-corrected chi connectivity index (χ3v) is 2.47. The van der Waals surface area contributed by atoms with Crippen molar-refractivity contribution in [2.75, 3.05) is 11.1 Å². The quantitative estimate of drug-likeness (QED) is 0.506. The highest BCUT2D eigenvalue weighted by Gasteiger charge is 2.12. The van der Waals surface area contributed by atoms with Crippen LogP contribution in [0.4, 0.5) is 5.69 Å². The first-order valence-electron chi connectivity index (χ1n) is 3.71. The predicted octanol–water partition coefficient (Wildman–Crippen LogP) is 2.81. The van der Waals surface area contributed by atoms with Crippen molar-refractivity contribution in [2.24, 2.45) is 0 Å². The summed E-state index contributed by atoms with van der Waals surface area (Å²) in [6.45, 7) is 1.88. The van der Waals surface area contributed by atoms with Crippen molar-refractivity contribution in [3.63, 3.8) is 0 Å². The van der Waals surface area contributed by atoms with E-state index in [1.165, 1.54) is 0 Å². The zero-order valence-corrected chi connectivity index (χ0v) is 9.45. The van der Waals surface area contributed by atoms with Crippen molar-refractivity contribution in [3.8, 4) is 0 Å². The third kappa shape index (κ3) is 2.23. The van der Waals surface area contributed by atoms with Gasteiger partial charge in [-0.3, -0.25) is 4.79 Å². The topological polar surface area (TPSA) is 43.1 Å². The van der Waals surface area contributed by atoms with Gasteiger partial charge in [-0.2, -0.15) is 0 Å². The van der Waals surface area contributed by atoms with Crippen LogP contribution >= 0.6 is 27.5 Å². The highest BCUT2D eigenvalue weighted by molar-refractivity contribution is 9.09. The van der Waals surface area contributed by atoms with E-state index < -0.39 is 0 Å². The smallest absolute Gasteiger partial charge is 0.176 e. The lowest BCUT2D eigenvalue weighted by Gasteiger charge is -2.06. The zero-order chi connectivity index (χ0) is 10.0. The first-order chi connectivity index (χ1) is 6.06. The maximum atomic E-state index is 11.4. The first kappa shape index (κ1) is 10.5. The van der Waals surface area contributed by atoms with Crippen molar-refractivity contribution < 1.29 is 4.79 Å². The number of halogens is 2. The Morgan fingerprint density at radius 1 is 1.62 bits per heavy atom. The summed E-state index contributed by atoms with van der Waals surface area (Å²) in [5.41, 5.74) is 7.47. The van der Waals surface area contributed by atoms with Crippen molar-refractivity contribution in [2.45, 2.75) is 6.92 Å². The molecule has 70 valence electrons. The van der Waals surface area contributed by atoms with E-state index in [9.17, 15) is 4.79 Å². The lowest BCUT2D eigenvalue weighted by atomic mass is 10.1. The van der Waals surface area contributed by atoms with E-state index in [2.05, 4.69) is 15.9 Å². The Balaban J connectivity index is 3.28. The molecule has 0 amide bonds. The van der Waals surface area contributed by atoms with Crippen LogP contribution in [-0.4, -0.2) is 11.1 Å². The van der Waals surface area contributed by atoms with Gasteiger partial charge in [-0.25, -0.2) is 0 Å². The second-order valence-electron chi connectivity index (χ2n) is 2.77. The molecule has 0 spiro atoms. The highest BCUT2D eigenvalue weighted by atomic mass is 79.9. The average Bonchev–Trinajstić information content (AvgIpc) is 2.02. The number of anilines is 1. The fourth-order valence-electron chi connectivity index (χ4n) is 1.13. The number of hydrogen-bond acceptors (Lipinski definition) is 2. The van der Waals surface area contributed by atoms with Crippen LogP contribution in [0.15, 0.2) is 12.1 Å². The summed E-state index contributed by atoms with van der Waals surface area (Å²) in [5, 5.41) is 0.655. The van der Waals surface area contributed by atoms with Gasteiger partial charge in [0.2, 0.25) is 0 Å². The number of nitrogen functional groups attached to an aromatic ring is 1. The van der Waals surface area contributed by atoms with Crippen molar-refractivity contribution in [1.29, 1.82) is 0 Å². The Morgan fingerprint density at radius 2 is 2.23 bits per heavy atom. The molecule has 0 atom stereocenters. The third-order valence-electron chi connectivity index (χ3n) is 1.67. The van der Waals surface area contributed by atoms with Crippen LogP contribution in [-0.2, 0) is 0 Å². The molecule has 0 heterocycles. The van der Waals surface area contributed by atoms with E-state index in [1.54, 1.807) is 12.1 Å². The molecule has 1 rings (SSSR count). The summed E-state index contributed by atoms with van der Waals surface area (Å²) in [6.07, 6.45) is 0. The number of carbonyl (C=O) groups excluding carboxylic acids is 1. The highest BCUT2D eigenvalue weighted by Crippen LogP contribution is 2.25. The fourth-order valence-corrected chi connectivity index (χ4v) is 1.80. The molecular formula is C9H9BrClNO.